The largest absolute Gasteiger partial charge is 0.381 e. The van der Waals surface area contributed by atoms with E-state index in [0.29, 0.717) is 12.0 Å². The maximum atomic E-state index is 5.44. The number of nitrogens with one attached hydrogen (secondary N) is 1. The summed E-state index contributed by atoms with van der Waals surface area (Å²) in [6.45, 7) is 3.87. The fourth-order valence-corrected chi connectivity index (χ4v) is 2.28. The monoisotopic (exact) mass is 209 g/mol. The van der Waals surface area contributed by atoms with E-state index in [1.54, 1.807) is 0 Å². The third-order valence-electron chi connectivity index (χ3n) is 3.36. The van der Waals surface area contributed by atoms with Crippen LogP contribution in [0.2, 0.25) is 0 Å². The van der Waals surface area contributed by atoms with Gasteiger partial charge >= 0.3 is 0 Å². The highest BCUT2D eigenvalue weighted by atomic mass is 16.5. The second-order valence-corrected chi connectivity index (χ2v) is 4.20. The molecule has 2 rings (SSSR count). The number of hydrogen-bond donors (Lipinski definition) is 1. The van der Waals surface area contributed by atoms with Crippen molar-refractivity contribution in [1.29, 1.82) is 0 Å². The molecule has 1 aromatic heterocycles. The maximum absolute atomic E-state index is 5.44. The van der Waals surface area contributed by atoms with E-state index in [4.69, 9.17) is 4.74 Å². The lowest BCUT2D eigenvalue weighted by molar-refractivity contribution is 0.177. The van der Waals surface area contributed by atoms with Gasteiger partial charge in [-0.25, -0.2) is 0 Å². The Morgan fingerprint density at radius 3 is 2.93 bits per heavy atom. The van der Waals surface area contributed by atoms with Gasteiger partial charge in [0.05, 0.1) is 12.8 Å². The number of nitrogens with zero attached hydrogens (tertiary/aromatic N) is 2. The molecular weight excluding hydrogens is 190 g/mol. The molecular formula is C11H19N3O. The van der Waals surface area contributed by atoms with Crippen LogP contribution >= 0.6 is 0 Å². The fraction of sp³-hybridized carbons (Fsp3) is 0.727. The van der Waals surface area contributed by atoms with E-state index in [0.717, 1.165) is 19.6 Å². The van der Waals surface area contributed by atoms with Crippen LogP contribution in [0.25, 0.3) is 0 Å². The van der Waals surface area contributed by atoms with Crippen LogP contribution in [-0.2, 0) is 11.8 Å². The standard InChI is InChI=1S/C11H19N3O/c1-8-10(6-13-14(8)3)11(12-2)9-4-5-15-7-9/h6,9,11-12H,4-5,7H2,1-3H3. The van der Waals surface area contributed by atoms with Gasteiger partial charge in [0.25, 0.3) is 0 Å². The maximum Gasteiger partial charge on any atom is 0.0540 e. The molecule has 0 radical (unpaired) electrons. The van der Waals surface area contributed by atoms with Crippen molar-refractivity contribution in [3.05, 3.63) is 17.5 Å². The van der Waals surface area contributed by atoms with Crippen LogP contribution in [0.3, 0.4) is 0 Å². The minimum Gasteiger partial charge on any atom is -0.381 e. The molecule has 4 nitrogen and oxygen atoms in total. The molecule has 1 fully saturated rings. The Labute approximate surface area is 90.6 Å². The van der Waals surface area contributed by atoms with E-state index in [9.17, 15) is 0 Å². The third kappa shape index (κ3) is 1.92. The van der Waals surface area contributed by atoms with Crippen LogP contribution in [0.15, 0.2) is 6.20 Å². The third-order valence-corrected chi connectivity index (χ3v) is 3.36. The minimum atomic E-state index is 0.376. The summed E-state index contributed by atoms with van der Waals surface area (Å²) in [6, 6.07) is 0.376. The van der Waals surface area contributed by atoms with Crippen LogP contribution in [0.4, 0.5) is 0 Å². The summed E-state index contributed by atoms with van der Waals surface area (Å²) in [5.41, 5.74) is 2.54. The van der Waals surface area contributed by atoms with E-state index < -0.39 is 0 Å². The van der Waals surface area contributed by atoms with Gasteiger partial charge in [0.1, 0.15) is 0 Å². The summed E-state index contributed by atoms with van der Waals surface area (Å²) >= 11 is 0. The Morgan fingerprint density at radius 2 is 2.47 bits per heavy atom. The first-order chi connectivity index (χ1) is 7.24. The smallest absolute Gasteiger partial charge is 0.0540 e. The van der Waals surface area contributed by atoms with Gasteiger partial charge in [0.2, 0.25) is 0 Å². The summed E-state index contributed by atoms with van der Waals surface area (Å²) in [6.07, 6.45) is 3.11. The van der Waals surface area contributed by atoms with Crippen molar-refractivity contribution >= 4 is 0 Å². The average molecular weight is 209 g/mol. The van der Waals surface area contributed by atoms with Crippen LogP contribution in [0, 0.1) is 12.8 Å². The highest BCUT2D eigenvalue weighted by Gasteiger charge is 2.27. The molecule has 0 aliphatic carbocycles. The molecule has 0 amide bonds. The molecule has 15 heavy (non-hydrogen) atoms. The summed E-state index contributed by atoms with van der Waals surface area (Å²) in [7, 11) is 3.99. The fourth-order valence-electron chi connectivity index (χ4n) is 2.28. The minimum absolute atomic E-state index is 0.376. The highest BCUT2D eigenvalue weighted by Crippen LogP contribution is 2.29. The molecule has 1 aliphatic rings. The lowest BCUT2D eigenvalue weighted by Gasteiger charge is -2.21. The lowest BCUT2D eigenvalue weighted by Crippen LogP contribution is -2.26. The molecule has 0 aromatic carbocycles. The molecule has 0 bridgehead atoms. The van der Waals surface area contributed by atoms with Gasteiger partial charge in [-0.3, -0.25) is 4.68 Å². The van der Waals surface area contributed by atoms with Gasteiger partial charge in [-0.2, -0.15) is 5.10 Å². The summed E-state index contributed by atoms with van der Waals surface area (Å²) in [4.78, 5) is 0. The molecule has 4 heteroatoms. The average Bonchev–Trinajstić information content (AvgIpc) is 2.84. The van der Waals surface area contributed by atoms with Crippen LogP contribution in [0.1, 0.15) is 23.7 Å². The molecule has 84 valence electrons. The summed E-state index contributed by atoms with van der Waals surface area (Å²) < 4.78 is 7.37. The van der Waals surface area contributed by atoms with Gasteiger partial charge in [0.15, 0.2) is 0 Å². The SMILES string of the molecule is CNC(c1cnn(C)c1C)C1CCOC1. The van der Waals surface area contributed by atoms with Crippen molar-refractivity contribution in [3.8, 4) is 0 Å². The zero-order chi connectivity index (χ0) is 10.8. The van der Waals surface area contributed by atoms with E-state index in [-0.39, 0.29) is 0 Å². The first kappa shape index (κ1) is 10.6. The first-order valence-electron chi connectivity index (χ1n) is 5.47. The molecule has 2 heterocycles. The van der Waals surface area contributed by atoms with E-state index in [1.807, 2.05) is 25.0 Å². The predicted molar refractivity (Wildman–Crippen MR) is 58.7 cm³/mol. The Hall–Kier alpha value is -0.870. The van der Waals surface area contributed by atoms with Crippen molar-refractivity contribution < 1.29 is 4.74 Å². The van der Waals surface area contributed by atoms with Crippen molar-refractivity contribution in [2.45, 2.75) is 19.4 Å². The second kappa shape index (κ2) is 4.33. The van der Waals surface area contributed by atoms with Crippen molar-refractivity contribution in [1.82, 2.24) is 15.1 Å². The van der Waals surface area contributed by atoms with Crippen LogP contribution < -0.4 is 5.32 Å². The van der Waals surface area contributed by atoms with E-state index in [1.165, 1.54) is 11.3 Å². The Bertz CT molecular complexity index is 329. The predicted octanol–water partition coefficient (Wildman–Crippen LogP) is 1.03. The molecule has 2 unspecified atom stereocenters. The number of aryl methyl sites for hydroxylation is 1. The quantitative estimate of drug-likeness (QED) is 0.808. The number of rotatable bonds is 3. The van der Waals surface area contributed by atoms with Crippen molar-refractivity contribution in [2.24, 2.45) is 13.0 Å². The molecule has 1 aromatic rings. The van der Waals surface area contributed by atoms with Crippen molar-refractivity contribution in [2.75, 3.05) is 20.3 Å². The van der Waals surface area contributed by atoms with Crippen LogP contribution in [0.5, 0.6) is 0 Å². The molecule has 1 aliphatic heterocycles. The van der Waals surface area contributed by atoms with Gasteiger partial charge < -0.3 is 10.1 Å². The zero-order valence-electron chi connectivity index (χ0n) is 9.66. The number of aromatic nitrogens is 2. The summed E-state index contributed by atoms with van der Waals surface area (Å²) in [5, 5.41) is 7.67. The topological polar surface area (TPSA) is 39.1 Å². The van der Waals surface area contributed by atoms with Gasteiger partial charge in [-0.15, -0.1) is 0 Å². The second-order valence-electron chi connectivity index (χ2n) is 4.20. The first-order valence-corrected chi connectivity index (χ1v) is 5.47. The van der Waals surface area contributed by atoms with E-state index >= 15 is 0 Å². The Kier molecular flexibility index (Phi) is 3.07. The number of ether oxygens (including phenoxy) is 1. The molecule has 0 spiro atoms. The van der Waals surface area contributed by atoms with Crippen LogP contribution in [-0.4, -0.2) is 30.0 Å². The Balaban J connectivity index is 2.22. The van der Waals surface area contributed by atoms with Gasteiger partial charge in [-0.05, 0) is 20.4 Å². The van der Waals surface area contributed by atoms with Gasteiger partial charge in [0, 0.05) is 36.9 Å². The van der Waals surface area contributed by atoms with E-state index in [2.05, 4.69) is 17.3 Å². The normalized spacial score (nSPS) is 23.3. The Morgan fingerprint density at radius 1 is 1.67 bits per heavy atom. The molecule has 1 saturated heterocycles. The van der Waals surface area contributed by atoms with Gasteiger partial charge in [-0.1, -0.05) is 0 Å². The lowest BCUT2D eigenvalue weighted by atomic mass is 9.93. The summed E-state index contributed by atoms with van der Waals surface area (Å²) in [5.74, 6) is 0.581. The number of hydrogen-bond acceptors (Lipinski definition) is 3. The highest BCUT2D eigenvalue weighted by molar-refractivity contribution is 5.21. The molecule has 0 saturated carbocycles. The molecule has 1 N–H and O–H groups in total. The molecule has 2 atom stereocenters. The zero-order valence-corrected chi connectivity index (χ0v) is 9.66. The van der Waals surface area contributed by atoms with Crippen molar-refractivity contribution in [3.63, 3.8) is 0 Å².